The third-order valence-corrected chi connectivity index (χ3v) is 11.8. The zero-order valence-electron chi connectivity index (χ0n) is 26.4. The Hall–Kier alpha value is -2.33. The molecule has 0 aromatic carbocycles. The maximum Gasteiger partial charge on any atom is 0.334 e. The molecule has 1 aliphatic heterocycles. The van der Waals surface area contributed by atoms with Crippen molar-refractivity contribution in [2.75, 3.05) is 13.7 Å². The normalized spacial score (nSPS) is 45.4. The summed E-state index contributed by atoms with van der Waals surface area (Å²) in [5.74, 6) is -1.17. The minimum Gasteiger partial charge on any atom is -0.481 e. The maximum absolute atomic E-state index is 13.7. The van der Waals surface area contributed by atoms with Gasteiger partial charge in [-0.1, -0.05) is 57.1 Å². The van der Waals surface area contributed by atoms with E-state index in [1.54, 1.807) is 32.1 Å². The molecule has 238 valence electrons. The molecule has 12 atom stereocenters. The Morgan fingerprint density at radius 3 is 2.51 bits per heavy atom. The lowest BCUT2D eigenvalue weighted by Gasteiger charge is -2.58. The summed E-state index contributed by atoms with van der Waals surface area (Å²) in [6, 6.07) is 0. The first-order chi connectivity index (χ1) is 20.4. The highest BCUT2D eigenvalue weighted by molar-refractivity contribution is 5.90. The highest BCUT2D eigenvalue weighted by Gasteiger charge is 2.84. The van der Waals surface area contributed by atoms with E-state index in [-0.39, 0.29) is 30.3 Å². The Morgan fingerprint density at radius 2 is 1.91 bits per heavy atom. The van der Waals surface area contributed by atoms with Crippen LogP contribution in [0.25, 0.3) is 0 Å². The summed E-state index contributed by atoms with van der Waals surface area (Å²) in [5.41, 5.74) is -2.10. The van der Waals surface area contributed by atoms with Gasteiger partial charge in [-0.15, -0.1) is 0 Å². The van der Waals surface area contributed by atoms with Crippen LogP contribution in [0, 0.1) is 45.8 Å². The molecule has 4 fully saturated rings. The molecule has 0 spiro atoms. The molecule has 9 heteroatoms. The van der Waals surface area contributed by atoms with Crippen LogP contribution in [0.1, 0.15) is 67.2 Å². The molecule has 0 radical (unpaired) electrons. The first kappa shape index (κ1) is 32.1. The second-order valence-electron chi connectivity index (χ2n) is 13.9. The van der Waals surface area contributed by atoms with Crippen molar-refractivity contribution < 1.29 is 43.5 Å². The van der Waals surface area contributed by atoms with Gasteiger partial charge in [0.25, 0.3) is 0 Å². The van der Waals surface area contributed by atoms with E-state index in [2.05, 4.69) is 13.0 Å². The molecular formula is C34H48O9. The van der Waals surface area contributed by atoms with Crippen molar-refractivity contribution in [2.45, 2.75) is 97.9 Å². The first-order valence-electron chi connectivity index (χ1n) is 15.8. The molecule has 1 heterocycles. The van der Waals surface area contributed by atoms with E-state index in [4.69, 9.17) is 18.9 Å². The highest BCUT2D eigenvalue weighted by Crippen LogP contribution is 2.82. The summed E-state index contributed by atoms with van der Waals surface area (Å²) in [6.07, 6.45) is 6.21. The van der Waals surface area contributed by atoms with Crippen LogP contribution in [0.4, 0.5) is 0 Å². The van der Waals surface area contributed by atoms with Crippen LogP contribution in [-0.4, -0.2) is 72.9 Å². The summed E-state index contributed by atoms with van der Waals surface area (Å²) >= 11 is 0. The number of aliphatic hydroxyl groups is 1. The third-order valence-electron chi connectivity index (χ3n) is 11.8. The summed E-state index contributed by atoms with van der Waals surface area (Å²) in [5, 5.41) is 22.7. The molecule has 0 aromatic rings. The molecular weight excluding hydrogens is 552 g/mol. The molecule has 43 heavy (non-hydrogen) atoms. The van der Waals surface area contributed by atoms with Crippen LogP contribution in [0.3, 0.4) is 0 Å². The number of aliphatic hydroxyl groups excluding tert-OH is 1. The van der Waals surface area contributed by atoms with E-state index >= 15 is 0 Å². The lowest BCUT2D eigenvalue weighted by molar-refractivity contribution is -0.308. The van der Waals surface area contributed by atoms with Crippen LogP contribution < -0.4 is 0 Å². The fourth-order valence-electron chi connectivity index (χ4n) is 9.98. The molecule has 2 N–H and O–H groups in total. The smallest absolute Gasteiger partial charge is 0.334 e. The Kier molecular flexibility index (Phi) is 8.61. The van der Waals surface area contributed by atoms with Gasteiger partial charge in [-0.3, -0.25) is 4.79 Å². The number of hydrogen-bond acceptors (Lipinski definition) is 8. The molecule has 5 aliphatic rings. The average molecular weight is 601 g/mol. The number of carbonyl (C=O) groups excluding carboxylic acids is 2. The SMILES string of the molecule is C/C=C\C=C(\C)C(=O)O[C@H]1[C@H](O)[C@H](OC[C@@]23C[C@@H]4[C@H](C)CC[C@H]4[C@@]4(C=O)C[C@@H]2C=C(C(C)C)[C@@]34C(=O)O)O[C@H](C)[C@H]1OC. The van der Waals surface area contributed by atoms with Gasteiger partial charge in [-0.2, -0.15) is 0 Å². The van der Waals surface area contributed by atoms with E-state index < -0.39 is 58.9 Å². The van der Waals surface area contributed by atoms with Crippen molar-refractivity contribution in [3.63, 3.8) is 0 Å². The van der Waals surface area contributed by atoms with Crippen LogP contribution >= 0.6 is 0 Å². The fraction of sp³-hybridized carbons (Fsp3) is 0.735. The summed E-state index contributed by atoms with van der Waals surface area (Å²) in [4.78, 5) is 39.8. The van der Waals surface area contributed by atoms with Crippen molar-refractivity contribution >= 4 is 18.2 Å². The topological polar surface area (TPSA) is 129 Å². The molecule has 4 bridgehead atoms. The molecule has 1 saturated heterocycles. The number of fused-ring (bicyclic) bond motifs is 2. The monoisotopic (exact) mass is 600 g/mol. The fourth-order valence-corrected chi connectivity index (χ4v) is 9.98. The number of hydrogen-bond donors (Lipinski definition) is 2. The number of methoxy groups -OCH3 is 1. The number of carboxylic acids is 1. The van der Waals surface area contributed by atoms with Crippen molar-refractivity contribution in [2.24, 2.45) is 45.8 Å². The van der Waals surface area contributed by atoms with Crippen LogP contribution in [0.15, 0.2) is 35.5 Å². The van der Waals surface area contributed by atoms with Gasteiger partial charge < -0.3 is 34.0 Å². The largest absolute Gasteiger partial charge is 0.481 e. The third kappa shape index (κ3) is 4.36. The van der Waals surface area contributed by atoms with Gasteiger partial charge in [0, 0.05) is 18.1 Å². The van der Waals surface area contributed by atoms with Gasteiger partial charge >= 0.3 is 11.9 Å². The molecule has 0 amide bonds. The minimum absolute atomic E-state index is 0.00476. The summed E-state index contributed by atoms with van der Waals surface area (Å²) in [6.45, 7) is 11.4. The van der Waals surface area contributed by atoms with E-state index in [9.17, 15) is 24.6 Å². The van der Waals surface area contributed by atoms with E-state index in [0.29, 0.717) is 24.3 Å². The van der Waals surface area contributed by atoms with Crippen LogP contribution in [0.2, 0.25) is 0 Å². The van der Waals surface area contributed by atoms with Gasteiger partial charge in [0.15, 0.2) is 12.4 Å². The molecule has 3 saturated carbocycles. The van der Waals surface area contributed by atoms with Crippen molar-refractivity contribution in [3.05, 3.63) is 35.5 Å². The number of rotatable bonds is 10. The maximum atomic E-state index is 13.7. The van der Waals surface area contributed by atoms with Crippen LogP contribution in [0.5, 0.6) is 0 Å². The van der Waals surface area contributed by atoms with Gasteiger partial charge in [-0.05, 0) is 69.6 Å². The summed E-state index contributed by atoms with van der Waals surface area (Å²) < 4.78 is 23.9. The van der Waals surface area contributed by atoms with E-state index in [0.717, 1.165) is 24.7 Å². The van der Waals surface area contributed by atoms with E-state index in [1.165, 1.54) is 7.11 Å². The Bertz CT molecular complexity index is 1220. The predicted octanol–water partition coefficient (Wildman–Crippen LogP) is 4.48. The van der Waals surface area contributed by atoms with E-state index in [1.807, 2.05) is 20.8 Å². The summed E-state index contributed by atoms with van der Waals surface area (Å²) in [7, 11) is 1.47. The van der Waals surface area contributed by atoms with Gasteiger partial charge in [-0.25, -0.2) is 4.79 Å². The first-order valence-corrected chi connectivity index (χ1v) is 15.8. The quantitative estimate of drug-likeness (QED) is 0.123. The lowest BCUT2D eigenvalue weighted by atomic mass is 9.43. The zero-order chi connectivity index (χ0) is 31.5. The number of carbonyl (C=O) groups is 3. The van der Waals surface area contributed by atoms with Crippen molar-refractivity contribution in [1.82, 2.24) is 0 Å². The average Bonchev–Trinajstić information content (AvgIpc) is 3.54. The Balaban J connectivity index is 1.49. The zero-order valence-corrected chi connectivity index (χ0v) is 26.4. The van der Waals surface area contributed by atoms with Gasteiger partial charge in [0.1, 0.15) is 23.9 Å². The highest BCUT2D eigenvalue weighted by atomic mass is 16.7. The second-order valence-corrected chi connectivity index (χ2v) is 13.9. The number of aliphatic carboxylic acids is 1. The number of ether oxygens (including phenoxy) is 4. The predicted molar refractivity (Wildman–Crippen MR) is 158 cm³/mol. The molecule has 0 aromatic heterocycles. The molecule has 5 rings (SSSR count). The Labute approximate surface area is 254 Å². The lowest BCUT2D eigenvalue weighted by Crippen LogP contribution is -2.64. The van der Waals surface area contributed by atoms with Crippen LogP contribution in [-0.2, 0) is 33.3 Å². The molecule has 0 unspecified atom stereocenters. The number of allylic oxidation sites excluding steroid dienone is 4. The standard InChI is InChI=1S/C34H48O9/c1-8-9-10-20(5)29(37)43-28-26(36)30(42-21(6)27(28)40-7)41-17-33-15-23-19(4)11-12-24(23)32(16-35)14-22(33)13-25(18(2)3)34(32,33)31(38)39/h8-10,13,16,18-19,21-24,26-28,30,36H,11-12,14-15,17H2,1-7H3,(H,38,39)/b9-8-,20-10-/t19-,21-,22+,23-,24-,26+,27-,28+,30-,32+,33+,34+/m1/s1. The number of esters is 1. The molecule has 4 aliphatic carbocycles. The molecule has 9 nitrogen and oxygen atoms in total. The minimum atomic E-state index is -1.40. The second kappa shape index (κ2) is 11.5. The van der Waals surface area contributed by atoms with Crippen molar-refractivity contribution in [1.29, 1.82) is 0 Å². The van der Waals surface area contributed by atoms with Crippen molar-refractivity contribution in [3.8, 4) is 0 Å². The number of aldehydes is 1. The Morgan fingerprint density at radius 1 is 1.19 bits per heavy atom. The van der Waals surface area contributed by atoms with Gasteiger partial charge in [0.2, 0.25) is 0 Å². The number of carboxylic acid groups (broad SMARTS) is 1. The van der Waals surface area contributed by atoms with Gasteiger partial charge in [0.05, 0.1) is 18.1 Å².